The lowest BCUT2D eigenvalue weighted by atomic mass is 10.1. The first kappa shape index (κ1) is 25.9. The van der Waals surface area contributed by atoms with Crippen LogP contribution in [0.25, 0.3) is 0 Å². The summed E-state index contributed by atoms with van der Waals surface area (Å²) in [6, 6.07) is 9.33. The second kappa shape index (κ2) is 10.8. The van der Waals surface area contributed by atoms with Gasteiger partial charge >= 0.3 is 18.0 Å². The molecule has 0 aliphatic carbocycles. The van der Waals surface area contributed by atoms with Crippen LogP contribution in [-0.4, -0.2) is 71.7 Å². The van der Waals surface area contributed by atoms with Crippen molar-refractivity contribution < 1.29 is 33.8 Å². The van der Waals surface area contributed by atoms with Gasteiger partial charge in [-0.3, -0.25) is 14.4 Å². The third-order valence-corrected chi connectivity index (χ3v) is 6.30. The number of carbonyl (C=O) groups is 5. The molecule has 0 spiro atoms. The van der Waals surface area contributed by atoms with E-state index in [1.165, 1.54) is 36.3 Å². The maximum Gasteiger partial charge on any atom is 0.329 e. The molecule has 0 radical (unpaired) electrons. The largest absolute Gasteiger partial charge is 0.481 e. The van der Waals surface area contributed by atoms with E-state index in [0.29, 0.717) is 22.8 Å². The summed E-state index contributed by atoms with van der Waals surface area (Å²) in [7, 11) is 1.51. The lowest BCUT2D eigenvalue weighted by Gasteiger charge is -2.24. The number of aliphatic carboxylic acids is 1. The highest BCUT2D eigenvalue weighted by Gasteiger charge is 2.41. The van der Waals surface area contributed by atoms with Crippen LogP contribution in [0.3, 0.4) is 0 Å². The molecule has 2 fully saturated rings. The van der Waals surface area contributed by atoms with E-state index in [2.05, 4.69) is 16.0 Å². The third kappa shape index (κ3) is 5.81. The lowest BCUT2D eigenvalue weighted by molar-refractivity contribution is -0.139. The molecule has 13 heteroatoms. The van der Waals surface area contributed by atoms with Gasteiger partial charge in [-0.15, -0.1) is 0 Å². The molecule has 2 saturated heterocycles. The highest BCUT2D eigenvalue weighted by atomic mass is 35.5. The normalized spacial score (nSPS) is 21.1. The Morgan fingerprint density at radius 2 is 1.68 bits per heavy atom. The Labute approximate surface area is 216 Å². The first-order valence-electron chi connectivity index (χ1n) is 11.3. The quantitative estimate of drug-likeness (QED) is 0.401. The van der Waals surface area contributed by atoms with Gasteiger partial charge in [0.05, 0.1) is 18.2 Å². The molecule has 2 aromatic rings. The maximum absolute atomic E-state index is 13.1. The number of methoxy groups -OCH3 is 1. The molecule has 2 heterocycles. The molecular formula is C24H24ClN5O7. The van der Waals surface area contributed by atoms with Gasteiger partial charge < -0.3 is 30.7 Å². The molecule has 2 aliphatic rings. The number of benzene rings is 2. The van der Waals surface area contributed by atoms with Gasteiger partial charge in [-0.25, -0.2) is 14.5 Å². The fraction of sp³-hybridized carbons (Fsp3) is 0.292. The van der Waals surface area contributed by atoms with Gasteiger partial charge in [-0.2, -0.15) is 0 Å². The molecule has 12 nitrogen and oxygen atoms in total. The Hall–Kier alpha value is -4.16. The summed E-state index contributed by atoms with van der Waals surface area (Å²) in [4.78, 5) is 63.8. The van der Waals surface area contributed by atoms with Gasteiger partial charge in [-0.1, -0.05) is 11.6 Å². The van der Waals surface area contributed by atoms with Crippen LogP contribution in [0.5, 0.6) is 0 Å². The fourth-order valence-corrected chi connectivity index (χ4v) is 4.30. The molecule has 0 aromatic heterocycles. The first-order chi connectivity index (χ1) is 17.7. The molecule has 4 N–H and O–H groups in total. The predicted octanol–water partition coefficient (Wildman–Crippen LogP) is 2.50. The van der Waals surface area contributed by atoms with Crippen LogP contribution < -0.4 is 20.9 Å². The van der Waals surface area contributed by atoms with Crippen molar-refractivity contribution >= 4 is 58.5 Å². The molecule has 2 aliphatic heterocycles. The number of carboxylic acids is 1. The smallest absolute Gasteiger partial charge is 0.329 e. The van der Waals surface area contributed by atoms with Crippen LogP contribution >= 0.6 is 11.6 Å². The number of likely N-dealkylation sites (tertiary alicyclic amines) is 1. The summed E-state index contributed by atoms with van der Waals surface area (Å²) in [5.41, 5.74) is 1.12. The van der Waals surface area contributed by atoms with Crippen LogP contribution in [0.2, 0.25) is 5.02 Å². The molecule has 4 rings (SSSR count). The van der Waals surface area contributed by atoms with Crippen LogP contribution in [0.15, 0.2) is 48.5 Å². The van der Waals surface area contributed by atoms with Gasteiger partial charge in [0, 0.05) is 36.5 Å². The number of carboxylic acid groups (broad SMARTS) is 1. The number of urea groups is 2. The van der Waals surface area contributed by atoms with E-state index in [4.69, 9.17) is 21.4 Å². The van der Waals surface area contributed by atoms with Crippen molar-refractivity contribution in [3.63, 3.8) is 0 Å². The van der Waals surface area contributed by atoms with E-state index < -0.39 is 48.4 Å². The Bertz CT molecular complexity index is 1220. The van der Waals surface area contributed by atoms with Crippen molar-refractivity contribution in [1.82, 2.24) is 10.2 Å². The highest BCUT2D eigenvalue weighted by Crippen LogP contribution is 2.26. The minimum atomic E-state index is -1.21. The van der Waals surface area contributed by atoms with E-state index in [0.717, 1.165) is 4.90 Å². The SMILES string of the molecule is COC1C[C@H](C(=O)Nc2ccc(N3C(=O)N[C@H](CC(=O)O)C3=O)cc2)N(C(=O)Nc2ccc(Cl)cc2)C1. The van der Waals surface area contributed by atoms with Crippen LogP contribution in [0.1, 0.15) is 12.8 Å². The van der Waals surface area contributed by atoms with Crippen molar-refractivity contribution in [2.75, 3.05) is 29.2 Å². The monoisotopic (exact) mass is 529 g/mol. The summed E-state index contributed by atoms with van der Waals surface area (Å²) < 4.78 is 5.38. The summed E-state index contributed by atoms with van der Waals surface area (Å²) >= 11 is 5.89. The predicted molar refractivity (Wildman–Crippen MR) is 134 cm³/mol. The number of rotatable bonds is 7. The van der Waals surface area contributed by atoms with E-state index in [1.54, 1.807) is 24.3 Å². The molecule has 37 heavy (non-hydrogen) atoms. The van der Waals surface area contributed by atoms with Gasteiger partial charge in [-0.05, 0) is 48.5 Å². The van der Waals surface area contributed by atoms with E-state index >= 15 is 0 Å². The molecule has 0 bridgehead atoms. The van der Waals surface area contributed by atoms with Crippen LogP contribution in [-0.2, 0) is 19.1 Å². The number of imide groups is 1. The van der Waals surface area contributed by atoms with E-state index in [1.807, 2.05) is 0 Å². The third-order valence-electron chi connectivity index (χ3n) is 6.05. The lowest BCUT2D eigenvalue weighted by Crippen LogP contribution is -2.45. The number of nitrogens with one attached hydrogen (secondary N) is 3. The summed E-state index contributed by atoms with van der Waals surface area (Å²) in [5.74, 6) is -2.32. The van der Waals surface area contributed by atoms with Crippen molar-refractivity contribution in [3.05, 3.63) is 53.6 Å². The standard InChI is InChI=1S/C24H24ClN5O7/c1-37-17-10-19(29(12-17)23(35)27-15-4-2-13(25)3-5-15)21(33)26-14-6-8-16(9-7-14)30-22(34)18(11-20(31)32)28-24(30)36/h2-9,17-19H,10-12H2,1H3,(H,26,33)(H,27,35)(H,28,36)(H,31,32)/t17?,18-,19-/m1/s1. The summed E-state index contributed by atoms with van der Waals surface area (Å²) in [5, 5.41) is 17.3. The minimum absolute atomic E-state index is 0.219. The van der Waals surface area contributed by atoms with Crippen molar-refractivity contribution in [3.8, 4) is 0 Å². The number of nitrogens with zero attached hydrogens (tertiary/aromatic N) is 2. The number of hydrogen-bond acceptors (Lipinski definition) is 6. The van der Waals surface area contributed by atoms with Gasteiger partial charge in [0.1, 0.15) is 12.1 Å². The maximum atomic E-state index is 13.1. The molecule has 3 atom stereocenters. The van der Waals surface area contributed by atoms with Crippen molar-refractivity contribution in [1.29, 1.82) is 0 Å². The second-order valence-electron chi connectivity index (χ2n) is 8.51. The molecule has 194 valence electrons. The molecule has 6 amide bonds. The minimum Gasteiger partial charge on any atom is -0.481 e. The second-order valence-corrected chi connectivity index (χ2v) is 8.94. The number of hydrogen-bond donors (Lipinski definition) is 4. The molecular weight excluding hydrogens is 506 g/mol. The van der Waals surface area contributed by atoms with Crippen molar-refractivity contribution in [2.45, 2.75) is 31.0 Å². The number of anilines is 3. The van der Waals surface area contributed by atoms with E-state index in [-0.39, 0.29) is 18.3 Å². The average Bonchev–Trinajstić information content (AvgIpc) is 3.42. The Balaban J connectivity index is 1.42. The van der Waals surface area contributed by atoms with Crippen molar-refractivity contribution in [2.24, 2.45) is 0 Å². The Kier molecular flexibility index (Phi) is 7.60. The van der Waals surface area contributed by atoms with Crippen LogP contribution in [0.4, 0.5) is 26.7 Å². The van der Waals surface area contributed by atoms with Gasteiger partial charge in [0.25, 0.3) is 5.91 Å². The highest BCUT2D eigenvalue weighted by molar-refractivity contribution is 6.30. The zero-order chi connectivity index (χ0) is 26.7. The zero-order valence-electron chi connectivity index (χ0n) is 19.6. The average molecular weight is 530 g/mol. The van der Waals surface area contributed by atoms with Crippen LogP contribution in [0, 0.1) is 0 Å². The Morgan fingerprint density at radius 1 is 1.05 bits per heavy atom. The Morgan fingerprint density at radius 3 is 2.30 bits per heavy atom. The number of halogens is 1. The fourth-order valence-electron chi connectivity index (χ4n) is 4.18. The number of amides is 6. The number of ether oxygens (including phenoxy) is 1. The molecule has 2 aromatic carbocycles. The van der Waals surface area contributed by atoms with Gasteiger partial charge in [0.2, 0.25) is 5.91 Å². The first-order valence-corrected chi connectivity index (χ1v) is 11.7. The number of carbonyl (C=O) groups excluding carboxylic acids is 4. The van der Waals surface area contributed by atoms with E-state index in [9.17, 15) is 24.0 Å². The van der Waals surface area contributed by atoms with Gasteiger partial charge in [0.15, 0.2) is 0 Å². The molecule has 0 saturated carbocycles. The summed E-state index contributed by atoms with van der Waals surface area (Å²) in [6.45, 7) is 0.219. The summed E-state index contributed by atoms with van der Waals surface area (Å²) in [6.07, 6.45) is -0.559. The topological polar surface area (TPSA) is 157 Å². The zero-order valence-corrected chi connectivity index (χ0v) is 20.4. The molecule has 1 unspecified atom stereocenters.